The summed E-state index contributed by atoms with van der Waals surface area (Å²) in [6.07, 6.45) is 2.16. The van der Waals surface area contributed by atoms with Crippen LogP contribution in [0.5, 0.6) is 5.75 Å². The van der Waals surface area contributed by atoms with E-state index in [1.165, 1.54) is 5.56 Å². The van der Waals surface area contributed by atoms with Crippen LogP contribution < -0.4 is 0 Å². The summed E-state index contributed by atoms with van der Waals surface area (Å²) in [6.45, 7) is 4.12. The molecule has 0 fully saturated rings. The molecule has 2 rings (SSSR count). The summed E-state index contributed by atoms with van der Waals surface area (Å²) < 4.78 is 0. The molecule has 2 nitrogen and oxygen atoms in total. The third-order valence-electron chi connectivity index (χ3n) is 3.57. The molecule has 0 aliphatic heterocycles. The Bertz CT molecular complexity index is 597. The highest BCUT2D eigenvalue weighted by Gasteiger charge is 2.12. The fourth-order valence-corrected chi connectivity index (χ4v) is 2.21. The highest BCUT2D eigenvalue weighted by molar-refractivity contribution is 5.99. The van der Waals surface area contributed by atoms with Gasteiger partial charge in [-0.15, -0.1) is 0 Å². The van der Waals surface area contributed by atoms with E-state index >= 15 is 0 Å². The zero-order valence-corrected chi connectivity index (χ0v) is 12.0. The van der Waals surface area contributed by atoms with E-state index in [0.29, 0.717) is 12.0 Å². The number of aryl methyl sites for hydroxylation is 2. The van der Waals surface area contributed by atoms with Crippen molar-refractivity contribution in [3.63, 3.8) is 0 Å². The van der Waals surface area contributed by atoms with Crippen LogP contribution in [0.2, 0.25) is 0 Å². The number of aromatic hydroxyl groups is 1. The number of carbonyl (C=O) groups is 1. The number of phenols is 1. The Morgan fingerprint density at radius 1 is 0.900 bits per heavy atom. The Labute approximate surface area is 120 Å². The van der Waals surface area contributed by atoms with E-state index in [9.17, 15) is 9.90 Å². The largest absolute Gasteiger partial charge is 0.507 e. The van der Waals surface area contributed by atoms with Crippen molar-refractivity contribution in [3.05, 3.63) is 64.7 Å². The first-order valence-corrected chi connectivity index (χ1v) is 7.07. The Morgan fingerprint density at radius 3 is 2.00 bits per heavy atom. The summed E-state index contributed by atoms with van der Waals surface area (Å²) >= 11 is 0. The van der Waals surface area contributed by atoms with Gasteiger partial charge in [0.1, 0.15) is 5.75 Å². The van der Waals surface area contributed by atoms with Gasteiger partial charge in [-0.25, -0.2) is 0 Å². The minimum atomic E-state index is -0.0469. The molecule has 0 atom stereocenters. The Hall–Kier alpha value is -2.09. The molecular formula is C18H20O2. The predicted molar refractivity (Wildman–Crippen MR) is 81.3 cm³/mol. The molecule has 2 aromatic rings. The minimum Gasteiger partial charge on any atom is -0.507 e. The van der Waals surface area contributed by atoms with Gasteiger partial charge in [0.15, 0.2) is 5.78 Å². The van der Waals surface area contributed by atoms with Crippen molar-refractivity contribution < 1.29 is 9.90 Å². The first-order valence-electron chi connectivity index (χ1n) is 7.07. The Balaban J connectivity index is 2.14. The molecule has 0 unspecified atom stereocenters. The topological polar surface area (TPSA) is 37.3 Å². The maximum atomic E-state index is 12.2. The molecule has 20 heavy (non-hydrogen) atoms. The Kier molecular flexibility index (Phi) is 4.57. The quantitative estimate of drug-likeness (QED) is 0.834. The summed E-state index contributed by atoms with van der Waals surface area (Å²) in [5.41, 5.74) is 3.68. The van der Waals surface area contributed by atoms with Crippen LogP contribution >= 0.6 is 0 Å². The molecule has 2 heteroatoms. The van der Waals surface area contributed by atoms with Crippen molar-refractivity contribution >= 4 is 5.78 Å². The van der Waals surface area contributed by atoms with Crippen molar-refractivity contribution in [1.82, 2.24) is 0 Å². The van der Waals surface area contributed by atoms with Gasteiger partial charge in [-0.2, -0.15) is 0 Å². The molecule has 0 saturated heterocycles. The van der Waals surface area contributed by atoms with Crippen molar-refractivity contribution in [3.8, 4) is 5.75 Å². The standard InChI is InChI=1S/C18H20O2/c1-3-13-5-7-15(8-6-13)12-18(20)16-10-9-14(4-2)11-17(16)19/h5-11,19H,3-4,12H2,1-2H3. The minimum absolute atomic E-state index is 0.0469. The number of rotatable bonds is 5. The van der Waals surface area contributed by atoms with Crippen molar-refractivity contribution in [2.75, 3.05) is 0 Å². The monoisotopic (exact) mass is 268 g/mol. The highest BCUT2D eigenvalue weighted by atomic mass is 16.3. The lowest BCUT2D eigenvalue weighted by molar-refractivity contribution is 0.0990. The highest BCUT2D eigenvalue weighted by Crippen LogP contribution is 2.21. The fourth-order valence-electron chi connectivity index (χ4n) is 2.21. The zero-order valence-electron chi connectivity index (χ0n) is 12.0. The molecule has 1 N–H and O–H groups in total. The van der Waals surface area contributed by atoms with Gasteiger partial charge >= 0.3 is 0 Å². The van der Waals surface area contributed by atoms with Crippen LogP contribution in [0, 0.1) is 0 Å². The van der Waals surface area contributed by atoms with Gasteiger partial charge in [0, 0.05) is 6.42 Å². The van der Waals surface area contributed by atoms with E-state index in [1.54, 1.807) is 12.1 Å². The van der Waals surface area contributed by atoms with E-state index in [0.717, 1.165) is 24.0 Å². The van der Waals surface area contributed by atoms with Crippen LogP contribution in [-0.4, -0.2) is 10.9 Å². The van der Waals surface area contributed by atoms with Gasteiger partial charge in [-0.05, 0) is 41.7 Å². The molecule has 0 spiro atoms. The SMILES string of the molecule is CCc1ccc(CC(=O)c2ccc(CC)cc2O)cc1. The number of Topliss-reactive ketones (excluding diaryl/α,β-unsaturated/α-hetero) is 1. The third kappa shape index (κ3) is 3.27. The van der Waals surface area contributed by atoms with Crippen molar-refractivity contribution in [2.24, 2.45) is 0 Å². The number of hydrogen-bond acceptors (Lipinski definition) is 2. The first kappa shape index (κ1) is 14.3. The molecule has 0 aromatic heterocycles. The summed E-state index contributed by atoms with van der Waals surface area (Å²) in [6, 6.07) is 13.3. The molecule has 0 bridgehead atoms. The smallest absolute Gasteiger partial charge is 0.170 e. The first-order chi connectivity index (χ1) is 9.63. The molecule has 2 aromatic carbocycles. The number of hydrogen-bond donors (Lipinski definition) is 1. The molecule has 0 amide bonds. The van der Waals surface area contributed by atoms with Gasteiger partial charge in [-0.1, -0.05) is 44.2 Å². The lowest BCUT2D eigenvalue weighted by Crippen LogP contribution is -2.04. The molecule has 104 valence electrons. The maximum absolute atomic E-state index is 12.2. The number of carbonyl (C=O) groups excluding carboxylic acids is 1. The van der Waals surface area contributed by atoms with Crippen LogP contribution in [-0.2, 0) is 19.3 Å². The normalized spacial score (nSPS) is 10.5. The van der Waals surface area contributed by atoms with Crippen LogP contribution in [0.4, 0.5) is 0 Å². The molecule has 0 aliphatic rings. The van der Waals surface area contributed by atoms with Crippen LogP contribution in [0.25, 0.3) is 0 Å². The lowest BCUT2D eigenvalue weighted by Gasteiger charge is -2.06. The van der Waals surface area contributed by atoms with Gasteiger partial charge < -0.3 is 5.11 Å². The fraction of sp³-hybridized carbons (Fsp3) is 0.278. The molecule has 0 aliphatic carbocycles. The third-order valence-corrected chi connectivity index (χ3v) is 3.57. The molecule has 0 heterocycles. The summed E-state index contributed by atoms with van der Waals surface area (Å²) in [5, 5.41) is 9.93. The van der Waals surface area contributed by atoms with Crippen molar-refractivity contribution in [2.45, 2.75) is 33.1 Å². The van der Waals surface area contributed by atoms with E-state index in [2.05, 4.69) is 6.92 Å². The number of phenolic OH excluding ortho intramolecular Hbond substituents is 1. The average Bonchev–Trinajstić information content (AvgIpc) is 2.47. The number of ketones is 1. The van der Waals surface area contributed by atoms with Crippen LogP contribution in [0.15, 0.2) is 42.5 Å². The average molecular weight is 268 g/mol. The summed E-state index contributed by atoms with van der Waals surface area (Å²) in [7, 11) is 0. The molecule has 0 saturated carbocycles. The van der Waals surface area contributed by atoms with E-state index in [1.807, 2.05) is 37.3 Å². The molecular weight excluding hydrogens is 248 g/mol. The van der Waals surface area contributed by atoms with Crippen LogP contribution in [0.1, 0.15) is 40.9 Å². The maximum Gasteiger partial charge on any atom is 0.170 e. The van der Waals surface area contributed by atoms with Gasteiger partial charge in [-0.3, -0.25) is 4.79 Å². The molecule has 0 radical (unpaired) electrons. The summed E-state index contributed by atoms with van der Waals surface area (Å²) in [4.78, 5) is 12.2. The Morgan fingerprint density at radius 2 is 1.45 bits per heavy atom. The predicted octanol–water partition coefficient (Wildman–Crippen LogP) is 3.94. The van der Waals surface area contributed by atoms with Gasteiger partial charge in [0.2, 0.25) is 0 Å². The van der Waals surface area contributed by atoms with Crippen LogP contribution in [0.3, 0.4) is 0 Å². The second kappa shape index (κ2) is 6.38. The van der Waals surface area contributed by atoms with Crippen molar-refractivity contribution in [1.29, 1.82) is 0 Å². The van der Waals surface area contributed by atoms with Gasteiger partial charge in [0.05, 0.1) is 5.56 Å². The van der Waals surface area contributed by atoms with Gasteiger partial charge in [0.25, 0.3) is 0 Å². The van der Waals surface area contributed by atoms with E-state index < -0.39 is 0 Å². The van der Waals surface area contributed by atoms with E-state index in [-0.39, 0.29) is 11.5 Å². The zero-order chi connectivity index (χ0) is 14.5. The summed E-state index contributed by atoms with van der Waals surface area (Å²) in [5.74, 6) is 0.0360. The number of benzene rings is 2. The second-order valence-electron chi connectivity index (χ2n) is 4.98. The second-order valence-corrected chi connectivity index (χ2v) is 4.98. The van der Waals surface area contributed by atoms with E-state index in [4.69, 9.17) is 0 Å². The lowest BCUT2D eigenvalue weighted by atomic mass is 9.99.